The van der Waals surface area contributed by atoms with Gasteiger partial charge in [0.25, 0.3) is 0 Å². The SMILES string of the molecule is CNC(=O)C1(CCCN(C)C)CCCCC1c1ccccc1. The second-order valence-corrected chi connectivity index (χ2v) is 6.85. The summed E-state index contributed by atoms with van der Waals surface area (Å²) in [5, 5.41) is 2.96. The first-order chi connectivity index (χ1) is 10.6. The Balaban J connectivity index is 2.28. The van der Waals surface area contributed by atoms with E-state index in [1.165, 1.54) is 18.4 Å². The maximum absolute atomic E-state index is 12.8. The number of benzene rings is 1. The van der Waals surface area contributed by atoms with Crippen molar-refractivity contribution in [2.24, 2.45) is 5.41 Å². The minimum absolute atomic E-state index is 0.232. The van der Waals surface area contributed by atoms with E-state index >= 15 is 0 Å². The maximum Gasteiger partial charge on any atom is 0.226 e. The fourth-order valence-corrected chi connectivity index (χ4v) is 4.05. The standard InChI is InChI=1S/C19H30N2O/c1-20-18(22)19(14-9-15-21(2)3)13-8-7-12-17(19)16-10-5-4-6-11-16/h4-6,10-11,17H,7-9,12-15H2,1-3H3,(H,20,22). The molecular weight excluding hydrogens is 272 g/mol. The van der Waals surface area contributed by atoms with Gasteiger partial charge >= 0.3 is 0 Å². The lowest BCUT2D eigenvalue weighted by atomic mass is 9.61. The zero-order valence-electron chi connectivity index (χ0n) is 14.3. The Labute approximate surface area is 135 Å². The third kappa shape index (κ3) is 3.70. The Hall–Kier alpha value is -1.35. The van der Waals surface area contributed by atoms with Gasteiger partial charge in [0, 0.05) is 7.05 Å². The van der Waals surface area contributed by atoms with Crippen LogP contribution in [0.3, 0.4) is 0 Å². The van der Waals surface area contributed by atoms with E-state index in [1.807, 2.05) is 0 Å². The molecule has 0 aromatic heterocycles. The lowest BCUT2D eigenvalue weighted by Gasteiger charge is -2.43. The van der Waals surface area contributed by atoms with Crippen LogP contribution in [-0.4, -0.2) is 38.5 Å². The fourth-order valence-electron chi connectivity index (χ4n) is 4.05. The Morgan fingerprint density at radius 1 is 1.27 bits per heavy atom. The summed E-state index contributed by atoms with van der Waals surface area (Å²) in [6.45, 7) is 1.04. The van der Waals surface area contributed by atoms with Crippen LogP contribution < -0.4 is 5.32 Å². The number of hydrogen-bond acceptors (Lipinski definition) is 2. The van der Waals surface area contributed by atoms with Gasteiger partial charge in [-0.3, -0.25) is 4.79 Å². The Morgan fingerprint density at radius 3 is 2.64 bits per heavy atom. The topological polar surface area (TPSA) is 32.3 Å². The lowest BCUT2D eigenvalue weighted by molar-refractivity contribution is -0.134. The number of carbonyl (C=O) groups is 1. The van der Waals surface area contributed by atoms with Crippen molar-refractivity contribution in [1.29, 1.82) is 0 Å². The van der Waals surface area contributed by atoms with Crippen LogP contribution in [-0.2, 0) is 4.79 Å². The van der Waals surface area contributed by atoms with E-state index in [1.54, 1.807) is 7.05 Å². The van der Waals surface area contributed by atoms with E-state index in [-0.39, 0.29) is 11.3 Å². The maximum atomic E-state index is 12.8. The predicted molar refractivity (Wildman–Crippen MR) is 91.9 cm³/mol. The van der Waals surface area contributed by atoms with E-state index in [2.05, 4.69) is 54.6 Å². The zero-order valence-corrected chi connectivity index (χ0v) is 14.3. The van der Waals surface area contributed by atoms with E-state index in [4.69, 9.17) is 0 Å². The molecule has 0 aliphatic heterocycles. The van der Waals surface area contributed by atoms with Crippen molar-refractivity contribution in [3.05, 3.63) is 35.9 Å². The highest BCUT2D eigenvalue weighted by Gasteiger charge is 2.46. The summed E-state index contributed by atoms with van der Waals surface area (Å²) in [7, 11) is 5.98. The highest BCUT2D eigenvalue weighted by molar-refractivity contribution is 5.83. The van der Waals surface area contributed by atoms with Gasteiger partial charge in [-0.1, -0.05) is 43.2 Å². The average Bonchev–Trinajstić information content (AvgIpc) is 2.55. The number of amides is 1. The summed E-state index contributed by atoms with van der Waals surface area (Å²) < 4.78 is 0. The van der Waals surface area contributed by atoms with Gasteiger partial charge in [0.05, 0.1) is 5.41 Å². The molecule has 3 heteroatoms. The zero-order chi connectivity index (χ0) is 16.0. The molecule has 0 heterocycles. The van der Waals surface area contributed by atoms with Crippen molar-refractivity contribution in [1.82, 2.24) is 10.2 Å². The molecule has 22 heavy (non-hydrogen) atoms. The first kappa shape index (κ1) is 17.0. The molecule has 1 aromatic carbocycles. The lowest BCUT2D eigenvalue weighted by Crippen LogP contribution is -2.45. The van der Waals surface area contributed by atoms with Crippen molar-refractivity contribution in [3.63, 3.8) is 0 Å². The highest BCUT2D eigenvalue weighted by Crippen LogP contribution is 2.50. The van der Waals surface area contributed by atoms with Crippen LogP contribution in [0.25, 0.3) is 0 Å². The van der Waals surface area contributed by atoms with Crippen molar-refractivity contribution in [3.8, 4) is 0 Å². The van der Waals surface area contributed by atoms with E-state index in [0.29, 0.717) is 5.92 Å². The Morgan fingerprint density at radius 2 is 2.00 bits per heavy atom. The molecule has 2 atom stereocenters. The second kappa shape index (κ2) is 7.77. The van der Waals surface area contributed by atoms with Gasteiger partial charge in [0.1, 0.15) is 0 Å². The third-order valence-electron chi connectivity index (χ3n) is 5.14. The van der Waals surface area contributed by atoms with Crippen LogP contribution in [0.2, 0.25) is 0 Å². The van der Waals surface area contributed by atoms with Gasteiger partial charge in [-0.2, -0.15) is 0 Å². The number of carbonyl (C=O) groups excluding carboxylic acids is 1. The molecule has 1 amide bonds. The highest BCUT2D eigenvalue weighted by atomic mass is 16.2. The summed E-state index contributed by atoms with van der Waals surface area (Å²) in [5.74, 6) is 0.587. The molecule has 1 fully saturated rings. The van der Waals surface area contributed by atoms with Crippen LogP contribution in [0.5, 0.6) is 0 Å². The van der Waals surface area contributed by atoms with Crippen molar-refractivity contribution in [2.75, 3.05) is 27.7 Å². The van der Waals surface area contributed by atoms with Crippen molar-refractivity contribution in [2.45, 2.75) is 44.4 Å². The second-order valence-electron chi connectivity index (χ2n) is 6.85. The fraction of sp³-hybridized carbons (Fsp3) is 0.632. The van der Waals surface area contributed by atoms with Gasteiger partial charge in [0.2, 0.25) is 5.91 Å². The summed E-state index contributed by atoms with van der Waals surface area (Å²) in [6.07, 6.45) is 6.58. The average molecular weight is 302 g/mol. The molecule has 1 aliphatic rings. The molecule has 0 radical (unpaired) electrons. The van der Waals surface area contributed by atoms with E-state index in [9.17, 15) is 4.79 Å². The Bertz CT molecular complexity index is 472. The predicted octanol–water partition coefficient (Wildman–Crippen LogP) is 3.42. The largest absolute Gasteiger partial charge is 0.359 e. The third-order valence-corrected chi connectivity index (χ3v) is 5.14. The van der Waals surface area contributed by atoms with Crippen LogP contribution in [0.15, 0.2) is 30.3 Å². The van der Waals surface area contributed by atoms with Gasteiger partial charge in [-0.15, -0.1) is 0 Å². The first-order valence-electron chi connectivity index (χ1n) is 8.52. The monoisotopic (exact) mass is 302 g/mol. The molecule has 0 saturated heterocycles. The van der Waals surface area contributed by atoms with Gasteiger partial charge in [-0.05, 0) is 57.8 Å². The molecular formula is C19H30N2O. The minimum Gasteiger partial charge on any atom is -0.359 e. The quantitative estimate of drug-likeness (QED) is 0.873. The molecule has 122 valence electrons. The Kier molecular flexibility index (Phi) is 6.01. The number of hydrogen-bond donors (Lipinski definition) is 1. The van der Waals surface area contributed by atoms with Crippen LogP contribution in [0.4, 0.5) is 0 Å². The van der Waals surface area contributed by atoms with E-state index < -0.39 is 0 Å². The normalized spacial score (nSPS) is 25.2. The summed E-state index contributed by atoms with van der Waals surface area (Å²) >= 11 is 0. The van der Waals surface area contributed by atoms with Gasteiger partial charge in [-0.25, -0.2) is 0 Å². The molecule has 2 rings (SSSR count). The number of rotatable bonds is 6. The van der Waals surface area contributed by atoms with Crippen molar-refractivity contribution >= 4 is 5.91 Å². The van der Waals surface area contributed by atoms with Crippen LogP contribution in [0, 0.1) is 5.41 Å². The first-order valence-corrected chi connectivity index (χ1v) is 8.52. The summed E-state index contributed by atoms with van der Waals surface area (Å²) in [6, 6.07) is 10.6. The molecule has 3 nitrogen and oxygen atoms in total. The molecule has 0 bridgehead atoms. The molecule has 1 aliphatic carbocycles. The molecule has 1 N–H and O–H groups in total. The summed E-state index contributed by atoms with van der Waals surface area (Å²) in [5.41, 5.74) is 1.10. The molecule has 0 spiro atoms. The molecule has 1 saturated carbocycles. The molecule has 2 unspecified atom stereocenters. The van der Waals surface area contributed by atoms with Gasteiger partial charge in [0.15, 0.2) is 0 Å². The smallest absolute Gasteiger partial charge is 0.226 e. The molecule has 1 aromatic rings. The minimum atomic E-state index is -0.232. The van der Waals surface area contributed by atoms with E-state index in [0.717, 1.165) is 32.2 Å². The van der Waals surface area contributed by atoms with Crippen LogP contribution in [0.1, 0.15) is 50.0 Å². The van der Waals surface area contributed by atoms with Gasteiger partial charge < -0.3 is 10.2 Å². The number of nitrogens with one attached hydrogen (secondary N) is 1. The summed E-state index contributed by atoms with van der Waals surface area (Å²) in [4.78, 5) is 15.0. The van der Waals surface area contributed by atoms with Crippen molar-refractivity contribution < 1.29 is 4.79 Å². The van der Waals surface area contributed by atoms with Crippen LogP contribution >= 0.6 is 0 Å². The number of nitrogens with zero attached hydrogens (tertiary/aromatic N) is 1.